The van der Waals surface area contributed by atoms with E-state index in [9.17, 15) is 19.7 Å². The zero-order chi connectivity index (χ0) is 23.5. The van der Waals surface area contributed by atoms with E-state index >= 15 is 0 Å². The van der Waals surface area contributed by atoms with Crippen LogP contribution in [0.4, 0.5) is 11.6 Å². The predicted octanol–water partition coefficient (Wildman–Crippen LogP) is 2.30. The summed E-state index contributed by atoms with van der Waals surface area (Å²) in [6.45, 7) is 2.30. The van der Waals surface area contributed by atoms with Crippen LogP contribution >= 0.6 is 0 Å². The first-order valence-electron chi connectivity index (χ1n) is 9.83. The molecular weight excluding hydrogens is 432 g/mol. The zero-order valence-electron chi connectivity index (χ0n) is 17.6. The quantitative estimate of drug-likeness (QED) is 0.246. The molecule has 3 aromatic rings. The summed E-state index contributed by atoms with van der Waals surface area (Å²) in [5, 5.41) is 25.5. The number of nitro benzene ring substituents is 1. The molecule has 0 spiro atoms. The van der Waals surface area contributed by atoms with Crippen molar-refractivity contribution < 1.29 is 24.0 Å². The normalized spacial score (nSPS) is 14.8. The maximum absolute atomic E-state index is 13.7. The highest BCUT2D eigenvalue weighted by atomic mass is 16.6. The molecule has 0 saturated carbocycles. The van der Waals surface area contributed by atoms with Gasteiger partial charge in [-0.15, -0.1) is 0 Å². The van der Waals surface area contributed by atoms with Crippen molar-refractivity contribution in [3.05, 3.63) is 81.0 Å². The number of tetrazole rings is 1. The fourth-order valence-corrected chi connectivity index (χ4v) is 3.53. The van der Waals surface area contributed by atoms with Crippen molar-refractivity contribution in [3.63, 3.8) is 0 Å². The SMILES string of the molecule is CCOc1ccc(C(=O)C2=C(C(=O)OC)Nc3nnnn3C2c2cccc([N+](=O)[O-])c2)cc1. The number of aromatic nitrogens is 4. The molecule has 2 heterocycles. The second-order valence-electron chi connectivity index (χ2n) is 6.89. The van der Waals surface area contributed by atoms with Crippen LogP contribution in [0.3, 0.4) is 0 Å². The summed E-state index contributed by atoms with van der Waals surface area (Å²) in [7, 11) is 1.18. The second-order valence-corrected chi connectivity index (χ2v) is 6.89. The van der Waals surface area contributed by atoms with Crippen molar-refractivity contribution in [2.24, 2.45) is 0 Å². The molecule has 0 saturated heterocycles. The van der Waals surface area contributed by atoms with E-state index in [0.717, 1.165) is 0 Å². The van der Waals surface area contributed by atoms with E-state index in [1.807, 2.05) is 6.92 Å². The van der Waals surface area contributed by atoms with Crippen molar-refractivity contribution >= 4 is 23.4 Å². The van der Waals surface area contributed by atoms with E-state index in [0.29, 0.717) is 17.9 Å². The van der Waals surface area contributed by atoms with Gasteiger partial charge in [-0.1, -0.05) is 17.2 Å². The number of ketones is 1. The molecule has 1 atom stereocenters. The number of hydrogen-bond donors (Lipinski definition) is 1. The molecule has 1 aliphatic rings. The van der Waals surface area contributed by atoms with Gasteiger partial charge in [0.15, 0.2) is 5.78 Å². The van der Waals surface area contributed by atoms with Crippen molar-refractivity contribution in [1.82, 2.24) is 20.2 Å². The first kappa shape index (κ1) is 21.6. The number of allylic oxidation sites excluding steroid dienone is 1. The van der Waals surface area contributed by atoms with E-state index in [-0.39, 0.29) is 28.5 Å². The van der Waals surface area contributed by atoms with Gasteiger partial charge in [0.25, 0.3) is 5.69 Å². The lowest BCUT2D eigenvalue weighted by molar-refractivity contribution is -0.384. The molecule has 0 bridgehead atoms. The van der Waals surface area contributed by atoms with Crippen LogP contribution in [0, 0.1) is 10.1 Å². The van der Waals surface area contributed by atoms with E-state index in [2.05, 4.69) is 20.8 Å². The fraction of sp³-hybridized carbons (Fsp3) is 0.190. The molecule has 0 fully saturated rings. The van der Waals surface area contributed by atoms with Crippen LogP contribution in [-0.2, 0) is 9.53 Å². The van der Waals surface area contributed by atoms with E-state index in [1.54, 1.807) is 30.3 Å². The van der Waals surface area contributed by atoms with Gasteiger partial charge >= 0.3 is 5.97 Å². The van der Waals surface area contributed by atoms with Gasteiger partial charge in [0.2, 0.25) is 5.95 Å². The van der Waals surface area contributed by atoms with Gasteiger partial charge < -0.3 is 14.8 Å². The topological polar surface area (TPSA) is 151 Å². The third-order valence-corrected chi connectivity index (χ3v) is 4.98. The molecule has 1 unspecified atom stereocenters. The summed E-state index contributed by atoms with van der Waals surface area (Å²) in [4.78, 5) is 37.1. The number of methoxy groups -OCH3 is 1. The second kappa shape index (κ2) is 8.86. The number of esters is 1. The summed E-state index contributed by atoms with van der Waals surface area (Å²) in [5.74, 6) is -0.663. The average Bonchev–Trinajstić information content (AvgIpc) is 3.31. The predicted molar refractivity (Wildman–Crippen MR) is 114 cm³/mol. The first-order valence-corrected chi connectivity index (χ1v) is 9.83. The highest BCUT2D eigenvalue weighted by molar-refractivity contribution is 6.15. The monoisotopic (exact) mass is 450 g/mol. The maximum atomic E-state index is 13.7. The summed E-state index contributed by atoms with van der Waals surface area (Å²) in [6.07, 6.45) is 0. The van der Waals surface area contributed by atoms with E-state index < -0.39 is 22.7 Å². The Hall–Kier alpha value is -4.61. The van der Waals surface area contributed by atoms with Crippen LogP contribution in [0.1, 0.15) is 28.9 Å². The molecule has 0 radical (unpaired) electrons. The number of ether oxygens (including phenoxy) is 2. The summed E-state index contributed by atoms with van der Waals surface area (Å²) in [6, 6.07) is 11.1. The Labute approximate surface area is 187 Å². The lowest BCUT2D eigenvalue weighted by Crippen LogP contribution is -2.33. The smallest absolute Gasteiger partial charge is 0.355 e. The Balaban J connectivity index is 1.90. The Kier molecular flexibility index (Phi) is 5.81. The largest absolute Gasteiger partial charge is 0.494 e. The number of nitro groups is 1. The number of non-ortho nitro benzene ring substituents is 1. The molecular formula is C21H18N6O6. The fourth-order valence-electron chi connectivity index (χ4n) is 3.53. The minimum absolute atomic E-state index is 0.0219. The molecule has 168 valence electrons. The van der Waals surface area contributed by atoms with E-state index in [4.69, 9.17) is 9.47 Å². The Morgan fingerprint density at radius 1 is 1.21 bits per heavy atom. The lowest BCUT2D eigenvalue weighted by Gasteiger charge is -2.28. The Morgan fingerprint density at radius 2 is 1.97 bits per heavy atom. The van der Waals surface area contributed by atoms with Gasteiger partial charge in [0.1, 0.15) is 17.5 Å². The minimum atomic E-state index is -1.02. The minimum Gasteiger partial charge on any atom is -0.494 e. The van der Waals surface area contributed by atoms with Crippen LogP contribution in [0.15, 0.2) is 59.8 Å². The number of nitrogens with zero attached hydrogens (tertiary/aromatic N) is 5. The number of benzene rings is 2. The van der Waals surface area contributed by atoms with Crippen LogP contribution in [0.2, 0.25) is 0 Å². The standard InChI is InChI=1S/C21H18N6O6/c1-3-33-15-9-7-12(8-10-15)19(28)16-17(20(29)32-2)22-21-23-24-25-26(21)18(16)13-5-4-6-14(11-13)27(30)31/h4-11,18H,3H2,1-2H3,(H,22,23,25). The van der Waals surface area contributed by atoms with Crippen LogP contribution in [-0.4, -0.2) is 50.6 Å². The number of carbonyl (C=O) groups is 2. The molecule has 1 aromatic heterocycles. The van der Waals surface area contributed by atoms with Crippen molar-refractivity contribution in [2.75, 3.05) is 19.0 Å². The van der Waals surface area contributed by atoms with E-state index in [1.165, 1.54) is 30.0 Å². The molecule has 0 amide bonds. The third kappa shape index (κ3) is 4.01. The van der Waals surface area contributed by atoms with Gasteiger partial charge in [0, 0.05) is 17.7 Å². The van der Waals surface area contributed by atoms with Crippen LogP contribution in [0.25, 0.3) is 0 Å². The van der Waals surface area contributed by atoms with Gasteiger partial charge in [-0.2, -0.15) is 4.68 Å². The van der Waals surface area contributed by atoms with Gasteiger partial charge in [-0.25, -0.2) is 4.79 Å². The number of nitrogens with one attached hydrogen (secondary N) is 1. The first-order chi connectivity index (χ1) is 15.9. The summed E-state index contributed by atoms with van der Waals surface area (Å²) in [5.41, 5.74) is 0.244. The molecule has 12 nitrogen and oxygen atoms in total. The number of rotatable bonds is 7. The molecule has 1 N–H and O–H groups in total. The van der Waals surface area contributed by atoms with Gasteiger partial charge in [-0.3, -0.25) is 14.9 Å². The van der Waals surface area contributed by atoms with Crippen molar-refractivity contribution in [2.45, 2.75) is 13.0 Å². The summed E-state index contributed by atoms with van der Waals surface area (Å²) >= 11 is 0. The highest BCUT2D eigenvalue weighted by Crippen LogP contribution is 2.37. The van der Waals surface area contributed by atoms with Crippen LogP contribution in [0.5, 0.6) is 5.75 Å². The number of anilines is 1. The van der Waals surface area contributed by atoms with Crippen molar-refractivity contribution in [1.29, 1.82) is 0 Å². The molecule has 2 aromatic carbocycles. The number of carbonyl (C=O) groups excluding carboxylic acids is 2. The van der Waals surface area contributed by atoms with Gasteiger partial charge in [-0.05, 0) is 47.2 Å². The van der Waals surface area contributed by atoms with Crippen molar-refractivity contribution in [3.8, 4) is 5.75 Å². The molecule has 33 heavy (non-hydrogen) atoms. The molecule has 4 rings (SSSR count). The average molecular weight is 450 g/mol. The number of hydrogen-bond acceptors (Lipinski definition) is 10. The van der Waals surface area contributed by atoms with Crippen LogP contribution < -0.4 is 10.1 Å². The molecule has 1 aliphatic heterocycles. The zero-order valence-corrected chi connectivity index (χ0v) is 17.6. The van der Waals surface area contributed by atoms with Gasteiger partial charge in [0.05, 0.1) is 24.2 Å². The molecule has 12 heteroatoms. The Morgan fingerprint density at radius 3 is 2.64 bits per heavy atom. The number of fused-ring (bicyclic) bond motifs is 1. The Bertz CT molecular complexity index is 1270. The summed E-state index contributed by atoms with van der Waals surface area (Å²) < 4.78 is 11.6. The number of Topliss-reactive ketones (excluding diaryl/α,β-unsaturated/α-hetero) is 1. The lowest BCUT2D eigenvalue weighted by atomic mass is 9.89. The third-order valence-electron chi connectivity index (χ3n) is 4.98. The molecule has 0 aliphatic carbocycles. The highest BCUT2D eigenvalue weighted by Gasteiger charge is 2.39. The maximum Gasteiger partial charge on any atom is 0.355 e.